The molecule has 2 saturated heterocycles. The Morgan fingerprint density at radius 2 is 1.24 bits per heavy atom. The minimum absolute atomic E-state index is 0.183. The van der Waals surface area contributed by atoms with Crippen molar-refractivity contribution < 1.29 is 19.2 Å². The van der Waals surface area contributed by atoms with Gasteiger partial charge in [0.2, 0.25) is 0 Å². The van der Waals surface area contributed by atoms with Crippen molar-refractivity contribution in [3.05, 3.63) is 0 Å². The molecule has 0 aromatic heterocycles. The van der Waals surface area contributed by atoms with Crippen LogP contribution in [0.25, 0.3) is 0 Å². The summed E-state index contributed by atoms with van der Waals surface area (Å²) in [5, 5.41) is 4.01. The van der Waals surface area contributed by atoms with Gasteiger partial charge in [0.25, 0.3) is 11.8 Å². The fourth-order valence-electron chi connectivity index (χ4n) is 2.12. The first-order valence-electron chi connectivity index (χ1n) is 6.29. The summed E-state index contributed by atoms with van der Waals surface area (Å²) in [6, 6.07) is -0.864. The third kappa shape index (κ3) is 3.10. The van der Waals surface area contributed by atoms with Crippen LogP contribution in [0.2, 0.25) is 0 Å². The summed E-state index contributed by atoms with van der Waals surface area (Å²) < 4.78 is 0. The molecule has 2 unspecified atom stereocenters. The zero-order chi connectivity index (χ0) is 15.6. The molecule has 2 rings (SSSR count). The minimum Gasteiger partial charge on any atom is -0.317 e. The van der Waals surface area contributed by atoms with E-state index in [-0.39, 0.29) is 24.9 Å². The van der Waals surface area contributed by atoms with E-state index >= 15 is 0 Å². The highest BCUT2D eigenvalue weighted by atomic mass is 32.2. The fourth-order valence-corrected chi connectivity index (χ4v) is 3.21. The van der Waals surface area contributed by atoms with Crippen molar-refractivity contribution in [1.82, 2.24) is 20.4 Å². The third-order valence-corrected chi connectivity index (χ3v) is 4.80. The second-order valence-electron chi connectivity index (χ2n) is 4.46. The number of carbonyl (C=O) groups is 4. The average molecular weight is 332 g/mol. The number of imide groups is 2. The first-order valence-corrected chi connectivity index (χ1v) is 8.86. The van der Waals surface area contributed by atoms with Gasteiger partial charge >= 0.3 is 12.1 Å². The van der Waals surface area contributed by atoms with Gasteiger partial charge in [-0.3, -0.25) is 19.4 Å². The van der Waals surface area contributed by atoms with Gasteiger partial charge in [0.05, 0.1) is 0 Å². The van der Waals surface area contributed by atoms with Crippen LogP contribution in [0.5, 0.6) is 0 Å². The monoisotopic (exact) mass is 332 g/mol. The summed E-state index contributed by atoms with van der Waals surface area (Å²) >= 11 is 2.51. The van der Waals surface area contributed by atoms with Crippen LogP contribution >= 0.6 is 23.5 Å². The van der Waals surface area contributed by atoms with Crippen LogP contribution in [-0.4, -0.2) is 70.0 Å². The quantitative estimate of drug-likeness (QED) is 0.657. The molecule has 2 aliphatic rings. The normalized spacial score (nSPS) is 25.6. The van der Waals surface area contributed by atoms with Gasteiger partial charge in [-0.1, -0.05) is 0 Å². The molecule has 0 spiro atoms. The van der Waals surface area contributed by atoms with E-state index in [0.717, 1.165) is 9.80 Å². The van der Waals surface area contributed by atoms with E-state index in [4.69, 9.17) is 0 Å². The SMILES string of the molecule is CSC1NC(=O)N(CCCN2C(=O)NC(SC)C2=O)C1=O. The van der Waals surface area contributed by atoms with Crippen molar-refractivity contribution in [2.75, 3.05) is 25.6 Å². The van der Waals surface area contributed by atoms with Crippen molar-refractivity contribution in [2.24, 2.45) is 0 Å². The number of rotatable bonds is 6. The molecular formula is C11H16N4O4S2. The lowest BCUT2D eigenvalue weighted by atomic mass is 10.3. The standard InChI is InChI=1S/C11H16N4O4S2/c1-20-6-8(16)14(10(18)12-6)4-3-5-15-9(17)7(21-2)13-11(15)19/h6-7H,3-5H2,1-2H3,(H,12,18)(H,13,19). The molecular weight excluding hydrogens is 316 g/mol. The fraction of sp³-hybridized carbons (Fsp3) is 0.636. The lowest BCUT2D eigenvalue weighted by molar-refractivity contribution is -0.125. The van der Waals surface area contributed by atoms with E-state index in [0.29, 0.717) is 6.42 Å². The van der Waals surface area contributed by atoms with E-state index in [9.17, 15) is 19.2 Å². The number of nitrogens with one attached hydrogen (secondary N) is 2. The molecule has 116 valence electrons. The Labute approximate surface area is 130 Å². The average Bonchev–Trinajstić information content (AvgIpc) is 2.89. The summed E-state index contributed by atoms with van der Waals surface area (Å²) in [6.07, 6.45) is 3.84. The third-order valence-electron chi connectivity index (χ3n) is 3.21. The van der Waals surface area contributed by atoms with E-state index < -0.39 is 22.8 Å². The van der Waals surface area contributed by atoms with Crippen LogP contribution in [0.1, 0.15) is 6.42 Å². The molecule has 0 aromatic carbocycles. The first kappa shape index (κ1) is 16.0. The predicted octanol–water partition coefficient (Wildman–Crippen LogP) is -0.142. The molecule has 2 atom stereocenters. The number of urea groups is 2. The smallest absolute Gasteiger partial charge is 0.317 e. The van der Waals surface area contributed by atoms with Gasteiger partial charge in [0, 0.05) is 13.1 Å². The number of hydrogen-bond donors (Lipinski definition) is 2. The van der Waals surface area contributed by atoms with E-state index in [1.54, 1.807) is 12.5 Å². The zero-order valence-corrected chi connectivity index (χ0v) is 13.3. The summed E-state index contributed by atoms with van der Waals surface area (Å²) in [5.41, 5.74) is 0. The lowest BCUT2D eigenvalue weighted by Gasteiger charge is -2.16. The van der Waals surface area contributed by atoms with Gasteiger partial charge < -0.3 is 10.6 Å². The predicted molar refractivity (Wildman–Crippen MR) is 79.7 cm³/mol. The Morgan fingerprint density at radius 1 is 0.857 bits per heavy atom. The number of nitrogens with zero attached hydrogens (tertiary/aromatic N) is 2. The molecule has 21 heavy (non-hydrogen) atoms. The summed E-state index contributed by atoms with van der Waals surface area (Å²) in [6.45, 7) is 0.367. The Morgan fingerprint density at radius 3 is 1.52 bits per heavy atom. The summed E-state index contributed by atoms with van der Waals surface area (Å²) in [4.78, 5) is 49.2. The van der Waals surface area contributed by atoms with E-state index in [2.05, 4.69) is 10.6 Å². The molecule has 0 aromatic rings. The maximum Gasteiger partial charge on any atom is 0.325 e. The Bertz CT molecular complexity index is 445. The van der Waals surface area contributed by atoms with Gasteiger partial charge in [-0.05, 0) is 18.9 Å². The molecule has 0 bridgehead atoms. The van der Waals surface area contributed by atoms with Gasteiger partial charge in [-0.2, -0.15) is 0 Å². The molecule has 6 amide bonds. The molecule has 0 saturated carbocycles. The molecule has 2 fully saturated rings. The van der Waals surface area contributed by atoms with Crippen LogP contribution in [-0.2, 0) is 9.59 Å². The van der Waals surface area contributed by atoms with Crippen molar-refractivity contribution in [1.29, 1.82) is 0 Å². The Kier molecular flexibility index (Phi) is 4.99. The van der Waals surface area contributed by atoms with Crippen molar-refractivity contribution in [3.8, 4) is 0 Å². The second-order valence-corrected chi connectivity index (χ2v) is 6.35. The number of carbonyl (C=O) groups excluding carboxylic acids is 4. The molecule has 0 radical (unpaired) electrons. The van der Waals surface area contributed by atoms with Crippen molar-refractivity contribution in [3.63, 3.8) is 0 Å². The maximum absolute atomic E-state index is 11.9. The first-order chi connectivity index (χ1) is 9.99. The van der Waals surface area contributed by atoms with Crippen molar-refractivity contribution in [2.45, 2.75) is 17.2 Å². The Balaban J connectivity index is 1.85. The maximum atomic E-state index is 11.9. The zero-order valence-electron chi connectivity index (χ0n) is 11.6. The van der Waals surface area contributed by atoms with Crippen LogP contribution in [0, 0.1) is 0 Å². The molecule has 0 aliphatic carbocycles. The van der Waals surface area contributed by atoms with Crippen LogP contribution in [0.3, 0.4) is 0 Å². The van der Waals surface area contributed by atoms with E-state index in [1.165, 1.54) is 23.5 Å². The van der Waals surface area contributed by atoms with Crippen molar-refractivity contribution >= 4 is 47.4 Å². The van der Waals surface area contributed by atoms with E-state index in [1.807, 2.05) is 0 Å². The highest BCUT2D eigenvalue weighted by Gasteiger charge is 2.39. The van der Waals surface area contributed by atoms with Crippen LogP contribution in [0.4, 0.5) is 9.59 Å². The lowest BCUT2D eigenvalue weighted by Crippen LogP contribution is -2.37. The minimum atomic E-state index is -0.546. The molecule has 10 heteroatoms. The van der Waals surface area contributed by atoms with Gasteiger partial charge in [-0.25, -0.2) is 9.59 Å². The molecule has 2 aliphatic heterocycles. The highest BCUT2D eigenvalue weighted by molar-refractivity contribution is 8.00. The summed E-state index contributed by atoms with van der Waals surface area (Å²) in [7, 11) is 0. The number of amides is 6. The largest absolute Gasteiger partial charge is 0.325 e. The number of hydrogen-bond acceptors (Lipinski definition) is 6. The van der Waals surface area contributed by atoms with Gasteiger partial charge in [0.15, 0.2) is 10.7 Å². The second kappa shape index (κ2) is 6.56. The number of thioether (sulfide) groups is 2. The van der Waals surface area contributed by atoms with Crippen LogP contribution in [0.15, 0.2) is 0 Å². The van der Waals surface area contributed by atoms with Gasteiger partial charge in [-0.15, -0.1) is 23.5 Å². The molecule has 2 heterocycles. The Hall–Kier alpha value is -1.42. The molecule has 2 N–H and O–H groups in total. The van der Waals surface area contributed by atoms with Gasteiger partial charge in [0.1, 0.15) is 0 Å². The highest BCUT2D eigenvalue weighted by Crippen LogP contribution is 2.17. The molecule has 8 nitrogen and oxygen atoms in total. The summed E-state index contributed by atoms with van der Waals surface area (Å²) in [5.74, 6) is -0.571. The topological polar surface area (TPSA) is 98.8 Å². The van der Waals surface area contributed by atoms with Crippen LogP contribution < -0.4 is 10.6 Å².